The normalized spacial score (nSPS) is 10.7. The van der Waals surface area contributed by atoms with Gasteiger partial charge in [0.15, 0.2) is 0 Å². The maximum Gasteiger partial charge on any atom is 0.227 e. The number of rotatable bonds is 6. The van der Waals surface area contributed by atoms with E-state index in [0.29, 0.717) is 13.1 Å². The van der Waals surface area contributed by atoms with Gasteiger partial charge in [0.1, 0.15) is 5.58 Å². The van der Waals surface area contributed by atoms with Crippen molar-refractivity contribution < 1.29 is 14.3 Å². The van der Waals surface area contributed by atoms with Gasteiger partial charge in [0, 0.05) is 24.0 Å². The number of hydrogen-bond acceptors (Lipinski definition) is 3. The van der Waals surface area contributed by atoms with Crippen molar-refractivity contribution >= 4 is 16.9 Å². The molecule has 0 spiro atoms. The Morgan fingerprint density at radius 2 is 2.30 bits per heavy atom. The molecule has 2 aromatic rings. The van der Waals surface area contributed by atoms with E-state index in [-0.39, 0.29) is 18.9 Å². The first kappa shape index (κ1) is 14.3. The summed E-state index contributed by atoms with van der Waals surface area (Å²) in [6, 6.07) is 5.93. The van der Waals surface area contributed by atoms with Gasteiger partial charge in [-0.15, -0.1) is 6.58 Å². The highest BCUT2D eigenvalue weighted by Crippen LogP contribution is 2.23. The molecule has 20 heavy (non-hydrogen) atoms. The van der Waals surface area contributed by atoms with E-state index >= 15 is 0 Å². The van der Waals surface area contributed by atoms with Crippen molar-refractivity contribution in [3.05, 3.63) is 48.2 Å². The van der Waals surface area contributed by atoms with Gasteiger partial charge in [0.25, 0.3) is 0 Å². The smallest absolute Gasteiger partial charge is 0.227 e. The number of aliphatic hydroxyl groups excluding tert-OH is 1. The first-order chi connectivity index (χ1) is 9.65. The Labute approximate surface area is 118 Å². The molecule has 0 atom stereocenters. The van der Waals surface area contributed by atoms with Gasteiger partial charge in [-0.1, -0.05) is 18.2 Å². The minimum Gasteiger partial charge on any atom is -0.464 e. The Balaban J connectivity index is 2.18. The van der Waals surface area contributed by atoms with E-state index in [0.717, 1.165) is 22.1 Å². The predicted molar refractivity (Wildman–Crippen MR) is 78.5 cm³/mol. The Hall–Kier alpha value is -2.07. The zero-order valence-electron chi connectivity index (χ0n) is 11.6. The van der Waals surface area contributed by atoms with Crippen LogP contribution in [0.25, 0.3) is 11.0 Å². The standard InChI is InChI=1S/C16H19NO3/c1-3-6-17(7-8-18)16(19)10-13-11-20-15-9-12(2)4-5-14(13)15/h3-5,9,11,18H,1,6-8,10H2,2H3. The molecule has 0 aliphatic heterocycles. The first-order valence-electron chi connectivity index (χ1n) is 6.62. The van der Waals surface area contributed by atoms with Gasteiger partial charge < -0.3 is 14.4 Å². The molecule has 0 saturated carbocycles. The van der Waals surface area contributed by atoms with E-state index in [9.17, 15) is 4.79 Å². The van der Waals surface area contributed by atoms with E-state index in [1.807, 2.05) is 25.1 Å². The van der Waals surface area contributed by atoms with Crippen molar-refractivity contribution in [2.75, 3.05) is 19.7 Å². The zero-order valence-corrected chi connectivity index (χ0v) is 11.6. The molecule has 1 amide bonds. The molecule has 0 aliphatic carbocycles. The van der Waals surface area contributed by atoms with E-state index < -0.39 is 0 Å². The molecule has 2 rings (SSSR count). The van der Waals surface area contributed by atoms with Crippen molar-refractivity contribution in [3.63, 3.8) is 0 Å². The Morgan fingerprint density at radius 3 is 3.00 bits per heavy atom. The molecule has 1 aromatic heterocycles. The molecule has 0 aliphatic rings. The monoisotopic (exact) mass is 273 g/mol. The summed E-state index contributed by atoms with van der Waals surface area (Å²) in [6.45, 7) is 6.33. The van der Waals surface area contributed by atoms with Crippen molar-refractivity contribution in [3.8, 4) is 0 Å². The summed E-state index contributed by atoms with van der Waals surface area (Å²) >= 11 is 0. The van der Waals surface area contributed by atoms with Crippen LogP contribution in [0.2, 0.25) is 0 Å². The maximum absolute atomic E-state index is 12.2. The van der Waals surface area contributed by atoms with Crippen LogP contribution in [-0.4, -0.2) is 35.6 Å². The fraction of sp³-hybridized carbons (Fsp3) is 0.312. The van der Waals surface area contributed by atoms with Crippen LogP contribution in [0, 0.1) is 6.92 Å². The molecule has 4 nitrogen and oxygen atoms in total. The summed E-state index contributed by atoms with van der Waals surface area (Å²) in [5.41, 5.74) is 2.79. The molecule has 0 saturated heterocycles. The summed E-state index contributed by atoms with van der Waals surface area (Å²) in [7, 11) is 0. The van der Waals surface area contributed by atoms with Gasteiger partial charge in [0.2, 0.25) is 5.91 Å². The minimum absolute atomic E-state index is 0.0396. The van der Waals surface area contributed by atoms with Crippen LogP contribution >= 0.6 is 0 Å². The maximum atomic E-state index is 12.2. The fourth-order valence-corrected chi connectivity index (χ4v) is 2.20. The molecule has 0 fully saturated rings. The number of fused-ring (bicyclic) bond motifs is 1. The van der Waals surface area contributed by atoms with E-state index in [4.69, 9.17) is 9.52 Å². The Kier molecular flexibility index (Phi) is 4.58. The van der Waals surface area contributed by atoms with Crippen molar-refractivity contribution in [1.82, 2.24) is 4.90 Å². The van der Waals surface area contributed by atoms with Crippen LogP contribution in [0.5, 0.6) is 0 Å². The molecular weight excluding hydrogens is 254 g/mol. The molecule has 1 aromatic carbocycles. The lowest BCUT2D eigenvalue weighted by atomic mass is 10.1. The zero-order chi connectivity index (χ0) is 14.5. The number of aliphatic hydroxyl groups is 1. The topological polar surface area (TPSA) is 53.7 Å². The van der Waals surface area contributed by atoms with Crippen LogP contribution < -0.4 is 0 Å². The number of hydrogen-bond donors (Lipinski definition) is 1. The number of carbonyl (C=O) groups excluding carboxylic acids is 1. The second kappa shape index (κ2) is 6.39. The highest BCUT2D eigenvalue weighted by Gasteiger charge is 2.15. The van der Waals surface area contributed by atoms with Crippen molar-refractivity contribution in [2.45, 2.75) is 13.3 Å². The summed E-state index contributed by atoms with van der Waals surface area (Å²) in [5.74, 6) is -0.0396. The summed E-state index contributed by atoms with van der Waals surface area (Å²) in [4.78, 5) is 13.8. The SMILES string of the molecule is C=CCN(CCO)C(=O)Cc1coc2cc(C)ccc12. The number of furan rings is 1. The lowest BCUT2D eigenvalue weighted by molar-refractivity contribution is -0.130. The number of benzene rings is 1. The Bertz CT molecular complexity index is 615. The second-order valence-corrected chi connectivity index (χ2v) is 4.79. The Morgan fingerprint density at radius 1 is 1.50 bits per heavy atom. The number of nitrogens with zero attached hydrogens (tertiary/aromatic N) is 1. The summed E-state index contributed by atoms with van der Waals surface area (Å²) in [6.07, 6.45) is 3.56. The van der Waals surface area contributed by atoms with Gasteiger partial charge in [-0.05, 0) is 18.6 Å². The van der Waals surface area contributed by atoms with E-state index in [1.165, 1.54) is 0 Å². The third-order valence-electron chi connectivity index (χ3n) is 3.23. The molecule has 106 valence electrons. The van der Waals surface area contributed by atoms with Gasteiger partial charge in [-0.2, -0.15) is 0 Å². The van der Waals surface area contributed by atoms with Crippen molar-refractivity contribution in [1.29, 1.82) is 0 Å². The molecule has 0 radical (unpaired) electrons. The summed E-state index contributed by atoms with van der Waals surface area (Å²) in [5, 5.41) is 9.96. The first-order valence-corrected chi connectivity index (χ1v) is 6.62. The minimum atomic E-state index is -0.0507. The third kappa shape index (κ3) is 3.08. The lowest BCUT2D eigenvalue weighted by Gasteiger charge is -2.19. The van der Waals surface area contributed by atoms with Crippen LogP contribution in [0.1, 0.15) is 11.1 Å². The number of amides is 1. The molecular formula is C16H19NO3. The molecule has 0 unspecified atom stereocenters. The van der Waals surface area contributed by atoms with Crippen LogP contribution in [0.15, 0.2) is 41.5 Å². The van der Waals surface area contributed by atoms with Crippen LogP contribution in [0.4, 0.5) is 0 Å². The average Bonchev–Trinajstić information content (AvgIpc) is 2.80. The number of aryl methyl sites for hydroxylation is 1. The van der Waals surface area contributed by atoms with Crippen molar-refractivity contribution in [2.24, 2.45) is 0 Å². The molecule has 0 bridgehead atoms. The fourth-order valence-electron chi connectivity index (χ4n) is 2.20. The highest BCUT2D eigenvalue weighted by molar-refractivity contribution is 5.88. The summed E-state index contributed by atoms with van der Waals surface area (Å²) < 4.78 is 5.49. The predicted octanol–water partition coefficient (Wildman–Crippen LogP) is 2.29. The average molecular weight is 273 g/mol. The van der Waals surface area contributed by atoms with Gasteiger partial charge in [-0.3, -0.25) is 4.79 Å². The highest BCUT2D eigenvalue weighted by atomic mass is 16.3. The van der Waals surface area contributed by atoms with E-state index in [2.05, 4.69) is 6.58 Å². The molecule has 4 heteroatoms. The molecule has 1 N–H and O–H groups in total. The second-order valence-electron chi connectivity index (χ2n) is 4.79. The van der Waals surface area contributed by atoms with Crippen LogP contribution in [0.3, 0.4) is 0 Å². The lowest BCUT2D eigenvalue weighted by Crippen LogP contribution is -2.34. The van der Waals surface area contributed by atoms with Gasteiger partial charge in [-0.25, -0.2) is 0 Å². The van der Waals surface area contributed by atoms with E-state index in [1.54, 1.807) is 17.2 Å². The quantitative estimate of drug-likeness (QED) is 0.822. The van der Waals surface area contributed by atoms with Crippen LogP contribution in [-0.2, 0) is 11.2 Å². The molecule has 1 heterocycles. The number of carbonyl (C=O) groups is 1. The largest absolute Gasteiger partial charge is 0.464 e. The third-order valence-corrected chi connectivity index (χ3v) is 3.23. The van der Waals surface area contributed by atoms with Gasteiger partial charge >= 0.3 is 0 Å². The van der Waals surface area contributed by atoms with Gasteiger partial charge in [0.05, 0.1) is 19.3 Å².